The Kier molecular flexibility index (Phi) is 5.01. The normalized spacial score (nSPS) is 24.4. The molecule has 0 aliphatic carbocycles. The van der Waals surface area contributed by atoms with Crippen LogP contribution in [0.1, 0.15) is 12.0 Å². The smallest absolute Gasteiger partial charge is 0.138 e. The molecule has 1 aromatic rings. The summed E-state index contributed by atoms with van der Waals surface area (Å²) in [6.07, 6.45) is 1.35. The Balaban J connectivity index is 1.59. The molecular formula is C16H24ClN3O. The highest BCUT2D eigenvalue weighted by molar-refractivity contribution is 6.32. The third-order valence-electron chi connectivity index (χ3n) is 4.25. The standard InChI is InChI=1S/C16H24ClN3O/c1-19-7-4-14(12-19)21-16-3-2-13(10-15(16)17)11-20-8-5-18-6-9-20/h2-3,10,14,18H,4-9,11-12H2,1H3. The molecule has 0 radical (unpaired) electrons. The second-order valence-electron chi connectivity index (χ2n) is 6.08. The molecule has 2 aliphatic heterocycles. The highest BCUT2D eigenvalue weighted by atomic mass is 35.5. The van der Waals surface area contributed by atoms with Crippen molar-refractivity contribution >= 4 is 11.6 Å². The first-order valence-electron chi connectivity index (χ1n) is 7.77. The van der Waals surface area contributed by atoms with Crippen molar-refractivity contribution in [2.24, 2.45) is 0 Å². The lowest BCUT2D eigenvalue weighted by atomic mass is 10.2. The third kappa shape index (κ3) is 4.10. The van der Waals surface area contributed by atoms with Crippen LogP contribution in [0.15, 0.2) is 18.2 Å². The quantitative estimate of drug-likeness (QED) is 0.918. The minimum Gasteiger partial charge on any atom is -0.487 e. The SMILES string of the molecule is CN1CCC(Oc2ccc(CN3CCNCC3)cc2Cl)C1. The van der Waals surface area contributed by atoms with E-state index in [1.807, 2.05) is 6.07 Å². The van der Waals surface area contributed by atoms with Crippen LogP contribution in [-0.4, -0.2) is 62.2 Å². The molecule has 0 saturated carbocycles. The van der Waals surface area contributed by atoms with Gasteiger partial charge < -0.3 is 15.0 Å². The molecule has 5 heteroatoms. The van der Waals surface area contributed by atoms with Gasteiger partial charge in [-0.15, -0.1) is 0 Å². The lowest BCUT2D eigenvalue weighted by molar-refractivity contribution is 0.208. The van der Waals surface area contributed by atoms with Gasteiger partial charge in [-0.2, -0.15) is 0 Å². The number of piperazine rings is 1. The van der Waals surface area contributed by atoms with Gasteiger partial charge in [0.05, 0.1) is 5.02 Å². The van der Waals surface area contributed by atoms with Crippen molar-refractivity contribution in [3.8, 4) is 5.75 Å². The van der Waals surface area contributed by atoms with Gasteiger partial charge in [-0.3, -0.25) is 4.90 Å². The van der Waals surface area contributed by atoms with Crippen LogP contribution in [0.4, 0.5) is 0 Å². The van der Waals surface area contributed by atoms with Crippen molar-refractivity contribution in [1.29, 1.82) is 0 Å². The molecule has 1 N–H and O–H groups in total. The second kappa shape index (κ2) is 6.97. The summed E-state index contributed by atoms with van der Waals surface area (Å²) >= 11 is 6.39. The van der Waals surface area contributed by atoms with Crippen LogP contribution in [0.5, 0.6) is 5.75 Å². The largest absolute Gasteiger partial charge is 0.487 e. The fourth-order valence-electron chi connectivity index (χ4n) is 3.04. The van der Waals surface area contributed by atoms with E-state index in [0.717, 1.165) is 63.0 Å². The van der Waals surface area contributed by atoms with Crippen molar-refractivity contribution in [3.63, 3.8) is 0 Å². The molecule has 1 unspecified atom stereocenters. The molecule has 1 aromatic carbocycles. The Labute approximate surface area is 132 Å². The van der Waals surface area contributed by atoms with E-state index in [-0.39, 0.29) is 6.10 Å². The fraction of sp³-hybridized carbons (Fsp3) is 0.625. The Morgan fingerprint density at radius 2 is 2.10 bits per heavy atom. The zero-order chi connectivity index (χ0) is 14.7. The average molecular weight is 310 g/mol. The Bertz CT molecular complexity index is 477. The van der Waals surface area contributed by atoms with Crippen molar-refractivity contribution in [2.45, 2.75) is 19.1 Å². The van der Waals surface area contributed by atoms with Gasteiger partial charge in [-0.1, -0.05) is 17.7 Å². The number of benzene rings is 1. The molecule has 2 fully saturated rings. The van der Waals surface area contributed by atoms with E-state index >= 15 is 0 Å². The van der Waals surface area contributed by atoms with E-state index in [0.29, 0.717) is 0 Å². The minimum absolute atomic E-state index is 0.270. The molecule has 3 rings (SSSR count). The van der Waals surface area contributed by atoms with E-state index in [1.54, 1.807) is 0 Å². The maximum atomic E-state index is 6.39. The number of nitrogens with one attached hydrogen (secondary N) is 1. The summed E-state index contributed by atoms with van der Waals surface area (Å²) in [6.45, 7) is 7.40. The summed E-state index contributed by atoms with van der Waals surface area (Å²) in [5, 5.41) is 4.11. The van der Waals surface area contributed by atoms with Gasteiger partial charge in [0.25, 0.3) is 0 Å². The molecule has 116 valence electrons. The van der Waals surface area contributed by atoms with Crippen LogP contribution in [0, 0.1) is 0 Å². The monoisotopic (exact) mass is 309 g/mol. The Hall–Kier alpha value is -0.810. The van der Waals surface area contributed by atoms with Crippen LogP contribution in [0.25, 0.3) is 0 Å². The van der Waals surface area contributed by atoms with Gasteiger partial charge >= 0.3 is 0 Å². The first-order valence-corrected chi connectivity index (χ1v) is 8.15. The van der Waals surface area contributed by atoms with Crippen LogP contribution in [0.3, 0.4) is 0 Å². The molecule has 0 aromatic heterocycles. The highest BCUT2D eigenvalue weighted by Crippen LogP contribution is 2.28. The molecule has 2 aliphatic rings. The van der Waals surface area contributed by atoms with Gasteiger partial charge in [0, 0.05) is 45.8 Å². The predicted molar refractivity (Wildman–Crippen MR) is 86.1 cm³/mol. The molecule has 0 amide bonds. The first-order chi connectivity index (χ1) is 10.2. The summed E-state index contributed by atoms with van der Waals surface area (Å²) in [5.74, 6) is 0.820. The summed E-state index contributed by atoms with van der Waals surface area (Å²) in [4.78, 5) is 4.74. The van der Waals surface area contributed by atoms with Gasteiger partial charge in [-0.25, -0.2) is 0 Å². The molecular weight excluding hydrogens is 286 g/mol. The summed E-state index contributed by atoms with van der Waals surface area (Å²) < 4.78 is 6.02. The number of ether oxygens (including phenoxy) is 1. The number of halogens is 1. The summed E-state index contributed by atoms with van der Waals surface area (Å²) in [7, 11) is 2.13. The molecule has 2 saturated heterocycles. The van der Waals surface area contributed by atoms with Gasteiger partial charge in [0.1, 0.15) is 11.9 Å². The maximum Gasteiger partial charge on any atom is 0.138 e. The van der Waals surface area contributed by atoms with Crippen LogP contribution < -0.4 is 10.1 Å². The third-order valence-corrected chi connectivity index (χ3v) is 4.55. The fourth-order valence-corrected chi connectivity index (χ4v) is 3.28. The van der Waals surface area contributed by atoms with Gasteiger partial charge in [-0.05, 0) is 31.2 Å². The number of hydrogen-bond donors (Lipinski definition) is 1. The molecule has 1 atom stereocenters. The van der Waals surface area contributed by atoms with E-state index in [1.165, 1.54) is 5.56 Å². The van der Waals surface area contributed by atoms with Crippen LogP contribution in [-0.2, 0) is 6.54 Å². The van der Waals surface area contributed by atoms with E-state index in [9.17, 15) is 0 Å². The molecule has 21 heavy (non-hydrogen) atoms. The van der Waals surface area contributed by atoms with Crippen molar-refractivity contribution in [3.05, 3.63) is 28.8 Å². The molecule has 4 nitrogen and oxygen atoms in total. The summed E-state index contributed by atoms with van der Waals surface area (Å²) in [6, 6.07) is 6.22. The second-order valence-corrected chi connectivity index (χ2v) is 6.49. The molecule has 0 bridgehead atoms. The van der Waals surface area contributed by atoms with Gasteiger partial charge in [0.15, 0.2) is 0 Å². The predicted octanol–water partition coefficient (Wildman–Crippen LogP) is 1.83. The Morgan fingerprint density at radius 1 is 1.29 bits per heavy atom. The lowest BCUT2D eigenvalue weighted by Gasteiger charge is -2.27. The zero-order valence-electron chi connectivity index (χ0n) is 12.6. The zero-order valence-corrected chi connectivity index (χ0v) is 13.4. The number of hydrogen-bond acceptors (Lipinski definition) is 4. The Morgan fingerprint density at radius 3 is 2.76 bits per heavy atom. The average Bonchev–Trinajstić information content (AvgIpc) is 2.88. The van der Waals surface area contributed by atoms with E-state index in [4.69, 9.17) is 16.3 Å². The van der Waals surface area contributed by atoms with Crippen molar-refractivity contribution < 1.29 is 4.74 Å². The topological polar surface area (TPSA) is 27.7 Å². The number of rotatable bonds is 4. The van der Waals surface area contributed by atoms with E-state index < -0.39 is 0 Å². The maximum absolute atomic E-state index is 6.39. The first kappa shape index (κ1) is 15.1. The van der Waals surface area contributed by atoms with Gasteiger partial charge in [0.2, 0.25) is 0 Å². The molecule has 0 spiro atoms. The van der Waals surface area contributed by atoms with Crippen molar-refractivity contribution in [1.82, 2.24) is 15.1 Å². The van der Waals surface area contributed by atoms with Crippen molar-refractivity contribution in [2.75, 3.05) is 46.3 Å². The van der Waals surface area contributed by atoms with E-state index in [2.05, 4.69) is 34.3 Å². The lowest BCUT2D eigenvalue weighted by Crippen LogP contribution is -2.42. The van der Waals surface area contributed by atoms with Crippen LogP contribution in [0.2, 0.25) is 5.02 Å². The highest BCUT2D eigenvalue weighted by Gasteiger charge is 2.21. The number of nitrogens with zero attached hydrogens (tertiary/aromatic N) is 2. The summed E-state index contributed by atoms with van der Waals surface area (Å²) in [5.41, 5.74) is 1.26. The minimum atomic E-state index is 0.270. The number of likely N-dealkylation sites (tertiary alicyclic amines) is 1. The van der Waals surface area contributed by atoms with Crippen LogP contribution >= 0.6 is 11.6 Å². The number of likely N-dealkylation sites (N-methyl/N-ethyl adjacent to an activating group) is 1. The molecule has 2 heterocycles.